The molecule has 1 aromatic rings. The molecule has 6 rings (SSSR count). The molecule has 492 valence electrons. The van der Waals surface area contributed by atoms with Crippen LogP contribution in [0.4, 0.5) is 0 Å². The smallest absolute Gasteiger partial charge is 0.243 e. The largest absolute Gasteiger partial charge is 0.511 e. The van der Waals surface area contributed by atoms with Crippen molar-refractivity contribution in [3.05, 3.63) is 52.0 Å². The zero-order valence-electron chi connectivity index (χ0n) is 51.3. The van der Waals surface area contributed by atoms with Crippen molar-refractivity contribution < 1.29 is 92.4 Å². The summed E-state index contributed by atoms with van der Waals surface area (Å²) < 4.78 is 22.7. The van der Waals surface area contributed by atoms with Gasteiger partial charge in [0.2, 0.25) is 41.4 Å². The summed E-state index contributed by atoms with van der Waals surface area (Å²) in [6.07, 6.45) is -5.23. The number of hydrogen-bond acceptors (Lipinski definition) is 21. The second kappa shape index (κ2) is 31.7. The number of Topliss-reactive ketones (excluding diaryl/α,β-unsaturated/α-hetero) is 3. The molecule has 5 aliphatic rings. The molecule has 30 nitrogen and oxygen atoms in total. The summed E-state index contributed by atoms with van der Waals surface area (Å²) in [6, 6.07) is -1.39. The Kier molecular flexibility index (Phi) is 25.1. The van der Waals surface area contributed by atoms with E-state index >= 15 is 0 Å². The van der Waals surface area contributed by atoms with Crippen LogP contribution in [0.15, 0.2) is 45.9 Å². The second-order valence-corrected chi connectivity index (χ2v) is 23.7. The number of ketones is 3. The van der Waals surface area contributed by atoms with Crippen LogP contribution >= 0.6 is 0 Å². The van der Waals surface area contributed by atoms with Gasteiger partial charge in [-0.3, -0.25) is 52.9 Å². The minimum atomic E-state index is -2.44. The highest BCUT2D eigenvalue weighted by molar-refractivity contribution is 6.19. The highest BCUT2D eigenvalue weighted by Crippen LogP contribution is 2.52. The number of amides is 7. The lowest BCUT2D eigenvalue weighted by Gasteiger charge is -2.46. The lowest BCUT2D eigenvalue weighted by atomic mass is 9.63. The van der Waals surface area contributed by atoms with Crippen molar-refractivity contribution >= 4 is 64.7 Å². The first-order chi connectivity index (χ1) is 42.2. The van der Waals surface area contributed by atoms with Crippen molar-refractivity contribution in [1.29, 1.82) is 0 Å². The average Bonchev–Trinajstić information content (AvgIpc) is 1.76. The lowest BCUT2D eigenvalue weighted by Crippen LogP contribution is -2.59. The first-order valence-electron chi connectivity index (χ1n) is 29.9. The number of aliphatic hydroxyl groups is 5. The zero-order valence-corrected chi connectivity index (χ0v) is 51.3. The van der Waals surface area contributed by atoms with Gasteiger partial charge in [-0.15, -0.1) is 0 Å². The van der Waals surface area contributed by atoms with Crippen molar-refractivity contribution in [3.8, 4) is 5.75 Å². The van der Waals surface area contributed by atoms with E-state index in [1.165, 1.54) is 37.1 Å². The first-order valence-corrected chi connectivity index (χ1v) is 29.9. The van der Waals surface area contributed by atoms with Crippen molar-refractivity contribution in [2.24, 2.45) is 40.1 Å². The van der Waals surface area contributed by atoms with E-state index in [2.05, 4.69) is 42.2 Å². The van der Waals surface area contributed by atoms with Crippen LogP contribution in [0.5, 0.6) is 5.75 Å². The molecule has 1 saturated carbocycles. The number of aliphatic hydroxyl groups excluding tert-OH is 4. The van der Waals surface area contributed by atoms with Crippen molar-refractivity contribution in [3.63, 3.8) is 0 Å². The number of methoxy groups -OCH3 is 2. The number of allylic oxidation sites excluding steroid dienone is 2. The van der Waals surface area contributed by atoms with Crippen LogP contribution in [0.3, 0.4) is 0 Å². The number of benzene rings is 1. The quantitative estimate of drug-likeness (QED) is 0.0214. The molecule has 30 heteroatoms. The summed E-state index contributed by atoms with van der Waals surface area (Å²) >= 11 is 0. The van der Waals surface area contributed by atoms with Gasteiger partial charge in [0.25, 0.3) is 0 Å². The highest BCUT2D eigenvalue weighted by Gasteiger charge is 2.57. The summed E-state index contributed by atoms with van der Waals surface area (Å²) in [6.45, 7) is 7.43. The van der Waals surface area contributed by atoms with Gasteiger partial charge in [-0.2, -0.15) is 0 Å². The Balaban J connectivity index is 1.09. The van der Waals surface area contributed by atoms with Crippen LogP contribution in [0.1, 0.15) is 113 Å². The van der Waals surface area contributed by atoms with Gasteiger partial charge in [0.15, 0.2) is 29.6 Å². The number of nitrogens with two attached hydrogens (primary N) is 2. The second-order valence-electron chi connectivity index (χ2n) is 23.7. The predicted octanol–water partition coefficient (Wildman–Crippen LogP) is -2.54. The normalized spacial score (nSPS) is 25.0. The Morgan fingerprint density at radius 3 is 2.21 bits per heavy atom. The van der Waals surface area contributed by atoms with E-state index < -0.39 is 175 Å². The summed E-state index contributed by atoms with van der Waals surface area (Å²) in [4.78, 5) is 142. The number of likely N-dealkylation sites (tertiary alicyclic amines) is 1. The monoisotopic (exact) mass is 1250 g/mol. The first kappa shape index (κ1) is 70.5. The molecule has 3 fully saturated rings. The van der Waals surface area contributed by atoms with Crippen LogP contribution in [0, 0.1) is 23.7 Å². The fraction of sp³-hybridized carbons (Fsp3) is 0.644. The Morgan fingerprint density at radius 2 is 1.56 bits per heavy atom. The van der Waals surface area contributed by atoms with E-state index in [0.717, 1.165) is 0 Å². The van der Waals surface area contributed by atoms with Gasteiger partial charge < -0.3 is 98.1 Å². The van der Waals surface area contributed by atoms with Crippen LogP contribution < -0.4 is 53.4 Å². The Labute approximate surface area is 515 Å². The maximum absolute atomic E-state index is 14.2. The van der Waals surface area contributed by atoms with E-state index in [0.29, 0.717) is 39.0 Å². The van der Waals surface area contributed by atoms with Gasteiger partial charge in [0, 0.05) is 62.8 Å². The molecule has 3 aliphatic carbocycles. The lowest BCUT2D eigenvalue weighted by molar-refractivity contribution is -0.242. The number of guanidine groups is 1. The fourth-order valence-electron chi connectivity index (χ4n) is 11.8. The van der Waals surface area contributed by atoms with Crippen molar-refractivity contribution in [1.82, 2.24) is 42.1 Å². The van der Waals surface area contributed by atoms with E-state index in [1.54, 1.807) is 21.0 Å². The van der Waals surface area contributed by atoms with Crippen LogP contribution in [-0.2, 0) is 52.6 Å². The summed E-state index contributed by atoms with van der Waals surface area (Å²) in [5.41, 5.74) is 7.82. The van der Waals surface area contributed by atoms with Crippen molar-refractivity contribution in [2.45, 2.75) is 153 Å². The molecule has 0 bridgehead atoms. The molecule has 0 aromatic heterocycles. The Bertz CT molecular complexity index is 2910. The molecular formula is C59H87N11O19. The van der Waals surface area contributed by atoms with E-state index in [-0.39, 0.29) is 84.6 Å². The van der Waals surface area contributed by atoms with Gasteiger partial charge >= 0.3 is 0 Å². The highest BCUT2D eigenvalue weighted by atomic mass is 16.7. The summed E-state index contributed by atoms with van der Waals surface area (Å²) in [7, 11) is 2.87. The van der Waals surface area contributed by atoms with Gasteiger partial charge in [-0.25, -0.2) is 0 Å². The summed E-state index contributed by atoms with van der Waals surface area (Å²) in [5.74, 6) is -12.9. The molecule has 7 amide bonds. The molecule has 2 saturated heterocycles. The number of rotatable bonds is 30. The summed E-state index contributed by atoms with van der Waals surface area (Å²) in [5, 5.41) is 75.4. The van der Waals surface area contributed by atoms with Crippen molar-refractivity contribution in [2.75, 3.05) is 66.7 Å². The van der Waals surface area contributed by atoms with Crippen LogP contribution in [0.2, 0.25) is 0 Å². The Hall–Kier alpha value is -7.61. The van der Waals surface area contributed by atoms with E-state index in [1.807, 2.05) is 13.8 Å². The zero-order chi connectivity index (χ0) is 65.6. The third-order valence-electron chi connectivity index (χ3n) is 16.4. The molecule has 16 N–H and O–H groups in total. The topological polar surface area (TPSA) is 461 Å². The number of nitrogens with zero attached hydrogens (tertiary/aromatic N) is 2. The van der Waals surface area contributed by atoms with Gasteiger partial charge in [0.05, 0.1) is 62.4 Å². The molecule has 0 radical (unpaired) electrons. The number of ether oxygens (including phenoxy) is 4. The third kappa shape index (κ3) is 17.4. The maximum Gasteiger partial charge on any atom is 0.243 e. The molecule has 2 heterocycles. The van der Waals surface area contributed by atoms with Crippen LogP contribution in [-0.4, -0.2) is 222 Å². The number of hydrogen-bond donors (Lipinski definition) is 14. The number of carbonyl (C=O) groups is 10. The standard InChI is InChI=1S/C59H87N11O19/c1-28(2)20-35(68-56(83)36-14-10-18-70(36)42(75)26-62-16-11-19-86-6)55(82)65-25-41(74)69-48(29(3)4)57(84)67-33(13-9-17-63-58(60)61)54(81)64-24-40(73)66-34-21-43(88-30(5)49(34)76)89-38-23-59(85,39(72)27-71)22-32-45(38)53(80)47-46(51(32)78)50(77)31-12-8-15-37(87-7)44(31)52(47)79/h8,12,15,28-30,33-36,38,43,46-49,62,71,76,78,80,85H,9-11,13-14,16-27H2,1-7H3,(H,64,81)(H,65,82)(H,66,73)(H,67,84)(H,68,83)(H,69,74)(H4,60,61,63)/t30-,33-,34-,35-,36-,38-,43-,46?,47?,48-,49+,59?/m0/s1. The molecule has 2 aliphatic heterocycles. The molecule has 89 heavy (non-hydrogen) atoms. The van der Waals surface area contributed by atoms with Gasteiger partial charge in [0.1, 0.15) is 59.7 Å². The average molecular weight is 1250 g/mol. The number of nitrogens with one attached hydrogen (secondary N) is 7. The molecular weight excluding hydrogens is 1170 g/mol. The van der Waals surface area contributed by atoms with E-state index in [9.17, 15) is 73.5 Å². The van der Waals surface area contributed by atoms with Crippen LogP contribution in [0.25, 0.3) is 0 Å². The fourth-order valence-corrected chi connectivity index (χ4v) is 11.8. The molecule has 3 unspecified atom stereocenters. The molecule has 1 aromatic carbocycles. The number of carbonyl (C=O) groups excluding carboxylic acids is 10. The molecule has 0 spiro atoms. The Morgan fingerprint density at radius 1 is 0.876 bits per heavy atom. The van der Waals surface area contributed by atoms with E-state index in [4.69, 9.17) is 30.4 Å². The maximum atomic E-state index is 14.2. The number of aliphatic imine (C=N–C) groups is 1. The minimum Gasteiger partial charge on any atom is -0.511 e. The number of fused-ring (bicyclic) bond motifs is 3. The predicted molar refractivity (Wildman–Crippen MR) is 316 cm³/mol. The third-order valence-corrected chi connectivity index (χ3v) is 16.4. The minimum absolute atomic E-state index is 0.0273. The van der Waals surface area contributed by atoms with Gasteiger partial charge in [-0.05, 0) is 69.9 Å². The molecule has 12 atom stereocenters. The van der Waals surface area contributed by atoms with Gasteiger partial charge in [-0.1, -0.05) is 39.8 Å². The SMILES string of the molecule is COCCCNCC(=O)N1CCC[C@H]1C(=O)N[C@@H](CC(C)C)C(=O)NCC(=O)N[C@H](C(=O)N[C@@H](CCCN=C(N)N)C(=O)NCC(=O)N[C@H]1C[C@H](O[C@H]2CC(O)(C(=O)CO)CC3=C(O)C4C(=O)c5cccc(OC)c5C(=O)C4C(O)=C32)O[C@@H](C)[C@H]1O)C(C)C.